The van der Waals surface area contributed by atoms with Gasteiger partial charge < -0.3 is 4.74 Å². The highest BCUT2D eigenvalue weighted by atomic mass is 16.5. The molecule has 0 N–H and O–H groups in total. The van der Waals surface area contributed by atoms with Gasteiger partial charge in [-0.3, -0.25) is 4.79 Å². The fourth-order valence-electron chi connectivity index (χ4n) is 2.31. The molecule has 1 saturated heterocycles. The molecular weight excluding hydrogens is 152 g/mol. The summed E-state index contributed by atoms with van der Waals surface area (Å²) in [7, 11) is 0. The van der Waals surface area contributed by atoms with E-state index < -0.39 is 0 Å². The molecule has 1 aliphatic heterocycles. The van der Waals surface area contributed by atoms with Gasteiger partial charge >= 0.3 is 5.97 Å². The van der Waals surface area contributed by atoms with E-state index in [-0.39, 0.29) is 11.9 Å². The Labute approximate surface area is 72.6 Å². The third kappa shape index (κ3) is 1.06. The Hall–Kier alpha value is -0.790. The number of hydrogen-bond donors (Lipinski definition) is 0. The first-order valence-electron chi connectivity index (χ1n) is 4.59. The highest BCUT2D eigenvalue weighted by Crippen LogP contribution is 2.43. The molecule has 3 atom stereocenters. The summed E-state index contributed by atoms with van der Waals surface area (Å²) in [6, 6.07) is 0. The Morgan fingerprint density at radius 2 is 2.17 bits per heavy atom. The van der Waals surface area contributed by atoms with Crippen molar-refractivity contribution in [3.05, 3.63) is 12.3 Å². The molecule has 2 aliphatic rings. The standard InChI is InChI=1S/C10H14O2/c1-6-3-4-8-7(2)12-10(11)9(8)5-6/h6,8-9H,2-5H2,1H3. The highest BCUT2D eigenvalue weighted by molar-refractivity contribution is 5.77. The van der Waals surface area contributed by atoms with Gasteiger partial charge in [0.15, 0.2) is 0 Å². The van der Waals surface area contributed by atoms with E-state index in [9.17, 15) is 4.79 Å². The summed E-state index contributed by atoms with van der Waals surface area (Å²) in [5.74, 6) is 1.79. The zero-order chi connectivity index (χ0) is 8.72. The van der Waals surface area contributed by atoms with E-state index in [4.69, 9.17) is 4.74 Å². The average molecular weight is 166 g/mol. The second-order valence-electron chi connectivity index (χ2n) is 4.02. The number of esters is 1. The van der Waals surface area contributed by atoms with Crippen LogP contribution in [0, 0.1) is 17.8 Å². The maximum Gasteiger partial charge on any atom is 0.314 e. The first-order chi connectivity index (χ1) is 5.68. The van der Waals surface area contributed by atoms with Crippen molar-refractivity contribution in [2.75, 3.05) is 0 Å². The normalized spacial score (nSPS) is 40.9. The smallest absolute Gasteiger partial charge is 0.314 e. The van der Waals surface area contributed by atoms with E-state index >= 15 is 0 Å². The number of hydrogen-bond acceptors (Lipinski definition) is 2. The number of fused-ring (bicyclic) bond motifs is 1. The van der Waals surface area contributed by atoms with E-state index in [1.807, 2.05) is 0 Å². The molecule has 1 saturated carbocycles. The highest BCUT2D eigenvalue weighted by Gasteiger charge is 2.42. The van der Waals surface area contributed by atoms with E-state index in [2.05, 4.69) is 13.5 Å². The minimum absolute atomic E-state index is 0.0449. The lowest BCUT2D eigenvalue weighted by molar-refractivity contribution is -0.139. The lowest BCUT2D eigenvalue weighted by Gasteiger charge is -2.25. The zero-order valence-corrected chi connectivity index (χ0v) is 7.38. The van der Waals surface area contributed by atoms with E-state index in [1.54, 1.807) is 0 Å². The largest absolute Gasteiger partial charge is 0.431 e. The number of ether oxygens (including phenoxy) is 1. The zero-order valence-electron chi connectivity index (χ0n) is 7.38. The molecule has 2 heteroatoms. The van der Waals surface area contributed by atoms with E-state index in [0.29, 0.717) is 17.6 Å². The molecular formula is C10H14O2. The van der Waals surface area contributed by atoms with Crippen LogP contribution in [0.3, 0.4) is 0 Å². The van der Waals surface area contributed by atoms with Gasteiger partial charge in [-0.1, -0.05) is 13.5 Å². The molecule has 0 spiro atoms. The van der Waals surface area contributed by atoms with Gasteiger partial charge in [-0.25, -0.2) is 0 Å². The molecule has 2 rings (SSSR count). The molecule has 2 fully saturated rings. The molecule has 1 heterocycles. The van der Waals surface area contributed by atoms with Crippen LogP contribution in [-0.4, -0.2) is 5.97 Å². The summed E-state index contributed by atoms with van der Waals surface area (Å²) in [4.78, 5) is 11.3. The first kappa shape index (κ1) is 7.84. The topological polar surface area (TPSA) is 26.3 Å². The van der Waals surface area contributed by atoms with Crippen molar-refractivity contribution in [3.63, 3.8) is 0 Å². The van der Waals surface area contributed by atoms with E-state index in [1.165, 1.54) is 6.42 Å². The van der Waals surface area contributed by atoms with Gasteiger partial charge in [0.1, 0.15) is 5.76 Å². The molecule has 0 aromatic heterocycles. The summed E-state index contributed by atoms with van der Waals surface area (Å²) in [6.07, 6.45) is 3.27. The third-order valence-corrected chi connectivity index (χ3v) is 3.06. The van der Waals surface area contributed by atoms with Crippen LogP contribution in [0.1, 0.15) is 26.2 Å². The maximum absolute atomic E-state index is 11.3. The fraction of sp³-hybridized carbons (Fsp3) is 0.700. The second-order valence-corrected chi connectivity index (χ2v) is 4.02. The molecule has 0 aromatic rings. The van der Waals surface area contributed by atoms with Crippen molar-refractivity contribution in [2.24, 2.45) is 17.8 Å². The van der Waals surface area contributed by atoms with Gasteiger partial charge in [0, 0.05) is 5.92 Å². The van der Waals surface area contributed by atoms with Crippen molar-refractivity contribution in [1.82, 2.24) is 0 Å². The third-order valence-electron chi connectivity index (χ3n) is 3.06. The Balaban J connectivity index is 2.17. The van der Waals surface area contributed by atoms with Gasteiger partial charge in [0.25, 0.3) is 0 Å². The quantitative estimate of drug-likeness (QED) is 0.515. The number of rotatable bonds is 0. The summed E-state index contributed by atoms with van der Waals surface area (Å²) in [5.41, 5.74) is 0. The van der Waals surface area contributed by atoms with Gasteiger partial charge in [0.05, 0.1) is 5.92 Å². The molecule has 2 nitrogen and oxygen atoms in total. The van der Waals surface area contributed by atoms with E-state index in [0.717, 1.165) is 12.8 Å². The molecule has 66 valence electrons. The Morgan fingerprint density at radius 3 is 2.92 bits per heavy atom. The van der Waals surface area contributed by atoms with Crippen LogP contribution in [0.25, 0.3) is 0 Å². The Morgan fingerprint density at radius 1 is 1.42 bits per heavy atom. The molecule has 0 amide bonds. The molecule has 0 aromatic carbocycles. The summed E-state index contributed by atoms with van der Waals surface area (Å²) < 4.78 is 5.02. The fourth-order valence-corrected chi connectivity index (χ4v) is 2.31. The second kappa shape index (κ2) is 2.61. The summed E-state index contributed by atoms with van der Waals surface area (Å²) >= 11 is 0. The number of cyclic esters (lactones) is 1. The van der Waals surface area contributed by atoms with Crippen LogP contribution >= 0.6 is 0 Å². The van der Waals surface area contributed by atoms with Crippen molar-refractivity contribution >= 4 is 5.97 Å². The van der Waals surface area contributed by atoms with Crippen LogP contribution in [0.4, 0.5) is 0 Å². The van der Waals surface area contributed by atoms with Gasteiger partial charge in [-0.05, 0) is 25.2 Å². The van der Waals surface area contributed by atoms with Gasteiger partial charge in [-0.15, -0.1) is 0 Å². The molecule has 0 radical (unpaired) electrons. The Kier molecular flexibility index (Phi) is 1.71. The van der Waals surface area contributed by atoms with Crippen molar-refractivity contribution in [2.45, 2.75) is 26.2 Å². The van der Waals surface area contributed by atoms with Crippen molar-refractivity contribution in [1.29, 1.82) is 0 Å². The molecule has 12 heavy (non-hydrogen) atoms. The molecule has 1 aliphatic carbocycles. The number of allylic oxidation sites excluding steroid dienone is 1. The lowest BCUT2D eigenvalue weighted by atomic mass is 9.75. The van der Waals surface area contributed by atoms with Crippen LogP contribution < -0.4 is 0 Å². The number of carbonyl (C=O) groups excluding carboxylic acids is 1. The SMILES string of the molecule is C=C1OC(=O)C2CC(C)CCC12. The van der Waals surface area contributed by atoms with Crippen LogP contribution in [-0.2, 0) is 9.53 Å². The summed E-state index contributed by atoms with van der Waals surface area (Å²) in [5, 5.41) is 0. The van der Waals surface area contributed by atoms with Gasteiger partial charge in [-0.2, -0.15) is 0 Å². The minimum atomic E-state index is -0.0449. The first-order valence-corrected chi connectivity index (χ1v) is 4.59. The van der Waals surface area contributed by atoms with Gasteiger partial charge in [0.2, 0.25) is 0 Å². The molecule has 3 unspecified atom stereocenters. The molecule has 0 bridgehead atoms. The average Bonchev–Trinajstić information content (AvgIpc) is 2.28. The predicted molar refractivity (Wildman–Crippen MR) is 45.2 cm³/mol. The minimum Gasteiger partial charge on any atom is -0.431 e. The lowest BCUT2D eigenvalue weighted by Crippen LogP contribution is -2.23. The van der Waals surface area contributed by atoms with Crippen LogP contribution in [0.15, 0.2) is 12.3 Å². The maximum atomic E-state index is 11.3. The van der Waals surface area contributed by atoms with Crippen LogP contribution in [0.5, 0.6) is 0 Å². The number of carbonyl (C=O) groups is 1. The van der Waals surface area contributed by atoms with Crippen molar-refractivity contribution in [3.8, 4) is 0 Å². The van der Waals surface area contributed by atoms with Crippen LogP contribution in [0.2, 0.25) is 0 Å². The summed E-state index contributed by atoms with van der Waals surface area (Å²) in [6.45, 7) is 5.97. The predicted octanol–water partition coefficient (Wildman–Crippen LogP) is 2.11. The van der Waals surface area contributed by atoms with Crippen molar-refractivity contribution < 1.29 is 9.53 Å². The monoisotopic (exact) mass is 166 g/mol. The Bertz CT molecular complexity index is 232.